The molecule has 1 aromatic heterocycles. The van der Waals surface area contributed by atoms with Crippen LogP contribution >= 0.6 is 34.5 Å². The zero-order valence-corrected chi connectivity index (χ0v) is 18.7. The highest BCUT2D eigenvalue weighted by molar-refractivity contribution is 7.17. The molecular formula is C22H23Cl2NO4S. The summed E-state index contributed by atoms with van der Waals surface area (Å²) in [4.78, 5) is 26.6. The Morgan fingerprint density at radius 1 is 1.13 bits per heavy atom. The van der Waals surface area contributed by atoms with Gasteiger partial charge >= 0.3 is 6.16 Å². The molecule has 4 rings (SSSR count). The summed E-state index contributed by atoms with van der Waals surface area (Å²) < 4.78 is 4.69. The topological polar surface area (TPSA) is 66.8 Å². The molecule has 2 fully saturated rings. The van der Waals surface area contributed by atoms with Crippen molar-refractivity contribution in [2.45, 2.75) is 51.0 Å². The number of likely N-dealkylation sites (tertiary alicyclic amines) is 1. The molecule has 2 heterocycles. The molecule has 1 aliphatic carbocycles. The number of carboxylic acid groups (broad SMARTS) is 1. The second-order valence-corrected chi connectivity index (χ2v) is 9.78. The third-order valence-corrected chi connectivity index (χ3v) is 7.70. The molecule has 2 aromatic rings. The van der Waals surface area contributed by atoms with Gasteiger partial charge in [0.05, 0.1) is 0 Å². The van der Waals surface area contributed by atoms with E-state index in [4.69, 9.17) is 28.3 Å². The summed E-state index contributed by atoms with van der Waals surface area (Å²) in [7, 11) is 0. The molecule has 1 N–H and O–H groups in total. The van der Waals surface area contributed by atoms with Crippen molar-refractivity contribution in [2.75, 3.05) is 6.54 Å². The number of thiophene rings is 1. The molecule has 0 spiro atoms. The number of hydrogen-bond acceptors (Lipinski definition) is 4. The van der Waals surface area contributed by atoms with E-state index in [-0.39, 0.29) is 16.9 Å². The first-order valence-corrected chi connectivity index (χ1v) is 11.8. The zero-order valence-electron chi connectivity index (χ0n) is 16.4. The van der Waals surface area contributed by atoms with Gasteiger partial charge in [0.25, 0.3) is 0 Å². The molecule has 1 unspecified atom stereocenters. The van der Waals surface area contributed by atoms with E-state index in [9.17, 15) is 9.59 Å². The molecule has 160 valence electrons. The summed E-state index contributed by atoms with van der Waals surface area (Å²) in [6, 6.07) is 7.40. The molecule has 1 saturated heterocycles. The second-order valence-electron chi connectivity index (χ2n) is 7.92. The number of rotatable bonds is 5. The van der Waals surface area contributed by atoms with E-state index >= 15 is 0 Å². The molecule has 5 nitrogen and oxygen atoms in total. The van der Waals surface area contributed by atoms with Gasteiger partial charge in [0.15, 0.2) is 5.06 Å². The maximum absolute atomic E-state index is 13.0. The Bertz CT molecular complexity index is 931. The van der Waals surface area contributed by atoms with Crippen molar-refractivity contribution in [3.63, 3.8) is 0 Å². The first-order chi connectivity index (χ1) is 14.4. The van der Waals surface area contributed by atoms with E-state index < -0.39 is 6.16 Å². The highest BCUT2D eigenvalue weighted by Gasteiger charge is 2.36. The number of hydrogen-bond donors (Lipinski definition) is 1. The first-order valence-electron chi connectivity index (χ1n) is 10.2. The lowest BCUT2D eigenvalue weighted by atomic mass is 9.94. The van der Waals surface area contributed by atoms with Gasteiger partial charge in [0, 0.05) is 33.4 Å². The Morgan fingerprint density at radius 2 is 1.83 bits per heavy atom. The number of halogens is 2. The summed E-state index contributed by atoms with van der Waals surface area (Å²) in [5.74, 6) is 0.150. The minimum atomic E-state index is -1.35. The SMILES string of the molecule is O=C(O)Oc1ccc(-c2cc(Cl)c(CC3CCN(C4CCCCC4)C3=O)c(Cl)c2)s1. The molecule has 0 radical (unpaired) electrons. The lowest BCUT2D eigenvalue weighted by molar-refractivity contribution is -0.133. The van der Waals surface area contributed by atoms with E-state index in [1.54, 1.807) is 12.1 Å². The van der Waals surface area contributed by atoms with Crippen LogP contribution in [0.15, 0.2) is 24.3 Å². The molecule has 2 aliphatic rings. The van der Waals surface area contributed by atoms with Crippen molar-refractivity contribution in [3.05, 3.63) is 39.9 Å². The molecule has 1 saturated carbocycles. The van der Waals surface area contributed by atoms with Gasteiger partial charge in [-0.2, -0.15) is 0 Å². The molecule has 1 amide bonds. The Kier molecular flexibility index (Phi) is 6.56. The molecular weight excluding hydrogens is 445 g/mol. The predicted octanol–water partition coefficient (Wildman–Crippen LogP) is 6.50. The molecule has 8 heteroatoms. The van der Waals surface area contributed by atoms with Crippen molar-refractivity contribution in [1.29, 1.82) is 0 Å². The highest BCUT2D eigenvalue weighted by Crippen LogP contribution is 2.39. The fraction of sp³-hybridized carbons (Fsp3) is 0.455. The van der Waals surface area contributed by atoms with Crippen LogP contribution in [0.1, 0.15) is 44.1 Å². The third kappa shape index (κ3) is 4.61. The van der Waals surface area contributed by atoms with Crippen LogP contribution in [0, 0.1) is 5.92 Å². The van der Waals surface area contributed by atoms with Crippen molar-refractivity contribution >= 4 is 46.6 Å². The summed E-state index contributed by atoms with van der Waals surface area (Å²) in [6.07, 6.45) is 5.95. The predicted molar refractivity (Wildman–Crippen MR) is 119 cm³/mol. The molecule has 0 bridgehead atoms. The lowest BCUT2D eigenvalue weighted by Crippen LogP contribution is -2.39. The Labute approximate surface area is 189 Å². The Hall–Kier alpha value is -1.76. The van der Waals surface area contributed by atoms with Crippen LogP contribution in [0.25, 0.3) is 10.4 Å². The number of benzene rings is 1. The molecule has 1 atom stereocenters. The van der Waals surface area contributed by atoms with Crippen molar-refractivity contribution in [1.82, 2.24) is 4.90 Å². The normalized spacial score (nSPS) is 20.0. The number of ether oxygens (including phenoxy) is 1. The lowest BCUT2D eigenvalue weighted by Gasteiger charge is -2.31. The zero-order chi connectivity index (χ0) is 21.3. The Morgan fingerprint density at radius 3 is 2.50 bits per heavy atom. The largest absolute Gasteiger partial charge is 0.512 e. The maximum atomic E-state index is 13.0. The van der Waals surface area contributed by atoms with Crippen LogP contribution in [0.2, 0.25) is 10.0 Å². The van der Waals surface area contributed by atoms with Crippen molar-refractivity contribution in [2.24, 2.45) is 5.92 Å². The molecule has 30 heavy (non-hydrogen) atoms. The summed E-state index contributed by atoms with van der Waals surface area (Å²) in [6.45, 7) is 0.822. The van der Waals surface area contributed by atoms with Gasteiger partial charge < -0.3 is 14.7 Å². The number of carbonyl (C=O) groups excluding carboxylic acids is 1. The first kappa shape index (κ1) is 21.5. The average Bonchev–Trinajstić information content (AvgIpc) is 3.31. The smallest absolute Gasteiger partial charge is 0.449 e. The number of carbonyl (C=O) groups is 2. The van der Waals surface area contributed by atoms with Crippen LogP contribution in [0.3, 0.4) is 0 Å². The standard InChI is InChI=1S/C22H23Cl2NO4S/c23-17-11-14(19-6-7-20(30-19)29-22(27)28)12-18(24)16(17)10-13-8-9-25(21(13)26)15-4-2-1-3-5-15/h6-7,11-13,15H,1-5,8-10H2,(H,27,28). The van der Waals surface area contributed by atoms with Crippen LogP contribution < -0.4 is 4.74 Å². The minimum Gasteiger partial charge on any atom is -0.449 e. The van der Waals surface area contributed by atoms with Gasteiger partial charge in [-0.15, -0.1) is 0 Å². The number of nitrogens with zero attached hydrogens (tertiary/aromatic N) is 1. The third-order valence-electron chi connectivity index (χ3n) is 6.01. The summed E-state index contributed by atoms with van der Waals surface area (Å²) >= 11 is 14.3. The van der Waals surface area contributed by atoms with E-state index in [1.165, 1.54) is 30.6 Å². The van der Waals surface area contributed by atoms with Gasteiger partial charge in [-0.3, -0.25) is 4.79 Å². The van der Waals surface area contributed by atoms with Gasteiger partial charge in [-0.1, -0.05) is 53.8 Å². The van der Waals surface area contributed by atoms with E-state index in [0.717, 1.165) is 41.8 Å². The Balaban J connectivity index is 1.48. The van der Waals surface area contributed by atoms with Crippen LogP contribution in [0.5, 0.6) is 5.06 Å². The van der Waals surface area contributed by atoms with Gasteiger partial charge in [-0.25, -0.2) is 4.79 Å². The molecule has 1 aliphatic heterocycles. The van der Waals surface area contributed by atoms with Gasteiger partial charge in [0.1, 0.15) is 0 Å². The second kappa shape index (κ2) is 9.16. The maximum Gasteiger partial charge on any atom is 0.512 e. The van der Waals surface area contributed by atoms with Gasteiger partial charge in [0.2, 0.25) is 5.91 Å². The van der Waals surface area contributed by atoms with Crippen molar-refractivity contribution < 1.29 is 19.4 Å². The van der Waals surface area contributed by atoms with Gasteiger partial charge in [-0.05, 0) is 61.1 Å². The summed E-state index contributed by atoms with van der Waals surface area (Å²) in [5.41, 5.74) is 1.59. The van der Waals surface area contributed by atoms with Crippen LogP contribution in [-0.2, 0) is 11.2 Å². The van der Waals surface area contributed by atoms with Crippen molar-refractivity contribution in [3.8, 4) is 15.5 Å². The monoisotopic (exact) mass is 467 g/mol. The average molecular weight is 468 g/mol. The fourth-order valence-electron chi connectivity index (χ4n) is 4.51. The van der Waals surface area contributed by atoms with E-state index in [2.05, 4.69) is 9.64 Å². The summed E-state index contributed by atoms with van der Waals surface area (Å²) in [5, 5.41) is 10.1. The van der Waals surface area contributed by atoms with Crippen LogP contribution in [-0.4, -0.2) is 34.7 Å². The quantitative estimate of drug-likeness (QED) is 0.509. The minimum absolute atomic E-state index is 0.0786. The molecule has 1 aromatic carbocycles. The van der Waals surface area contributed by atoms with Crippen LogP contribution in [0.4, 0.5) is 4.79 Å². The van der Waals surface area contributed by atoms with E-state index in [0.29, 0.717) is 22.5 Å². The number of amides is 1. The fourth-order valence-corrected chi connectivity index (χ4v) is 5.99. The van der Waals surface area contributed by atoms with E-state index in [1.807, 2.05) is 12.1 Å². The highest BCUT2D eigenvalue weighted by atomic mass is 35.5.